The van der Waals surface area contributed by atoms with Crippen LogP contribution in [0.4, 0.5) is 8.78 Å². The van der Waals surface area contributed by atoms with Crippen molar-refractivity contribution >= 4 is 0 Å². The van der Waals surface area contributed by atoms with E-state index in [1.54, 1.807) is 12.3 Å². The molecular weight excluding hydrogens is 228 g/mol. The second kappa shape index (κ2) is 5.09. The molecule has 2 aromatic heterocycles. The minimum atomic E-state index is -2.56. The van der Waals surface area contributed by atoms with E-state index in [1.165, 1.54) is 12.4 Å². The minimum absolute atomic E-state index is 0.0483. The number of hydrogen-bond donors (Lipinski definition) is 1. The van der Waals surface area contributed by atoms with Crippen LogP contribution < -0.4 is 5.32 Å². The van der Waals surface area contributed by atoms with E-state index < -0.39 is 6.55 Å². The van der Waals surface area contributed by atoms with Gasteiger partial charge in [0.25, 0.3) is 0 Å². The number of imidazole rings is 1. The van der Waals surface area contributed by atoms with Crippen LogP contribution in [-0.2, 0) is 6.54 Å². The van der Waals surface area contributed by atoms with E-state index >= 15 is 0 Å². The third kappa shape index (κ3) is 2.71. The zero-order valence-electron chi connectivity index (χ0n) is 9.31. The Labute approximate surface area is 97.3 Å². The van der Waals surface area contributed by atoms with Gasteiger partial charge in [-0.1, -0.05) is 0 Å². The van der Waals surface area contributed by atoms with Crippen LogP contribution in [-0.4, -0.2) is 9.55 Å². The second-order valence-electron chi connectivity index (χ2n) is 3.65. The van der Waals surface area contributed by atoms with E-state index in [-0.39, 0.29) is 12.6 Å². The van der Waals surface area contributed by atoms with Crippen LogP contribution in [0.15, 0.2) is 35.2 Å². The Morgan fingerprint density at radius 3 is 3.00 bits per heavy atom. The molecule has 17 heavy (non-hydrogen) atoms. The summed E-state index contributed by atoms with van der Waals surface area (Å²) < 4.78 is 31.1. The maximum Gasteiger partial charge on any atom is 0.319 e. The molecule has 0 amide bonds. The van der Waals surface area contributed by atoms with Crippen molar-refractivity contribution < 1.29 is 13.2 Å². The van der Waals surface area contributed by atoms with Crippen LogP contribution in [0.3, 0.4) is 0 Å². The zero-order chi connectivity index (χ0) is 12.3. The highest BCUT2D eigenvalue weighted by Crippen LogP contribution is 2.15. The molecule has 0 aromatic carbocycles. The van der Waals surface area contributed by atoms with Gasteiger partial charge in [-0.2, -0.15) is 8.78 Å². The van der Waals surface area contributed by atoms with Crippen molar-refractivity contribution in [2.75, 3.05) is 0 Å². The number of halogens is 2. The average Bonchev–Trinajstić information content (AvgIpc) is 2.96. The number of furan rings is 1. The molecule has 0 radical (unpaired) electrons. The van der Waals surface area contributed by atoms with E-state index in [9.17, 15) is 8.78 Å². The molecule has 0 aliphatic carbocycles. The highest BCUT2D eigenvalue weighted by atomic mass is 19.3. The Morgan fingerprint density at radius 2 is 2.35 bits per heavy atom. The Morgan fingerprint density at radius 1 is 1.53 bits per heavy atom. The summed E-state index contributed by atoms with van der Waals surface area (Å²) in [6, 6.07) is 3.57. The molecule has 1 atom stereocenters. The lowest BCUT2D eigenvalue weighted by molar-refractivity contribution is 0.0664. The van der Waals surface area contributed by atoms with E-state index in [1.807, 2.05) is 13.0 Å². The summed E-state index contributed by atoms with van der Waals surface area (Å²) in [7, 11) is 0. The van der Waals surface area contributed by atoms with Crippen molar-refractivity contribution in [2.45, 2.75) is 26.1 Å². The topological polar surface area (TPSA) is 43.0 Å². The smallest absolute Gasteiger partial charge is 0.319 e. The fourth-order valence-corrected chi connectivity index (χ4v) is 1.54. The van der Waals surface area contributed by atoms with Gasteiger partial charge in [-0.25, -0.2) is 4.98 Å². The third-order valence-corrected chi connectivity index (χ3v) is 2.50. The second-order valence-corrected chi connectivity index (χ2v) is 3.65. The van der Waals surface area contributed by atoms with Crippen LogP contribution >= 0.6 is 0 Å². The molecule has 0 aliphatic rings. The van der Waals surface area contributed by atoms with Gasteiger partial charge in [0, 0.05) is 12.4 Å². The lowest BCUT2D eigenvalue weighted by Gasteiger charge is -2.12. The van der Waals surface area contributed by atoms with Gasteiger partial charge in [-0.05, 0) is 19.1 Å². The summed E-state index contributed by atoms with van der Waals surface area (Å²) in [5.41, 5.74) is 0. The van der Waals surface area contributed by atoms with Gasteiger partial charge < -0.3 is 9.73 Å². The molecule has 2 aromatic rings. The van der Waals surface area contributed by atoms with Crippen molar-refractivity contribution in [3.63, 3.8) is 0 Å². The summed E-state index contributed by atoms with van der Waals surface area (Å²) in [4.78, 5) is 3.88. The normalized spacial score (nSPS) is 13.2. The predicted molar refractivity (Wildman–Crippen MR) is 57.4 cm³/mol. The van der Waals surface area contributed by atoms with Gasteiger partial charge in [-0.15, -0.1) is 0 Å². The Kier molecular flexibility index (Phi) is 3.53. The van der Waals surface area contributed by atoms with Crippen LogP contribution in [0.25, 0.3) is 0 Å². The summed E-state index contributed by atoms with van der Waals surface area (Å²) in [6.45, 7) is -0.401. The largest absolute Gasteiger partial charge is 0.468 e. The van der Waals surface area contributed by atoms with Crippen LogP contribution in [0, 0.1) is 0 Å². The first kappa shape index (κ1) is 11.8. The minimum Gasteiger partial charge on any atom is -0.468 e. The van der Waals surface area contributed by atoms with E-state index in [4.69, 9.17) is 4.42 Å². The quantitative estimate of drug-likeness (QED) is 0.875. The number of nitrogens with one attached hydrogen (secondary N) is 1. The Bertz CT molecular complexity index is 453. The van der Waals surface area contributed by atoms with Crippen LogP contribution in [0.1, 0.15) is 31.1 Å². The number of hydrogen-bond acceptors (Lipinski definition) is 3. The first-order chi connectivity index (χ1) is 8.18. The molecule has 92 valence electrons. The maximum atomic E-state index is 12.5. The van der Waals surface area contributed by atoms with Gasteiger partial charge in [-0.3, -0.25) is 4.57 Å². The molecule has 0 spiro atoms. The molecule has 2 rings (SSSR count). The molecule has 2 heterocycles. The van der Waals surface area contributed by atoms with Crippen LogP contribution in [0.5, 0.6) is 0 Å². The summed E-state index contributed by atoms with van der Waals surface area (Å²) in [5, 5.41) is 3.07. The van der Waals surface area contributed by atoms with Gasteiger partial charge in [0.1, 0.15) is 11.6 Å². The molecule has 0 fully saturated rings. The van der Waals surface area contributed by atoms with Crippen molar-refractivity contribution in [1.82, 2.24) is 14.9 Å². The lowest BCUT2D eigenvalue weighted by Crippen LogP contribution is -2.20. The van der Waals surface area contributed by atoms with Crippen molar-refractivity contribution in [3.8, 4) is 0 Å². The number of nitrogens with zero attached hydrogens (tertiary/aromatic N) is 2. The molecule has 6 heteroatoms. The monoisotopic (exact) mass is 241 g/mol. The van der Waals surface area contributed by atoms with Gasteiger partial charge in [0.2, 0.25) is 0 Å². The van der Waals surface area contributed by atoms with Crippen LogP contribution in [0.2, 0.25) is 0 Å². The van der Waals surface area contributed by atoms with Crippen molar-refractivity contribution in [2.24, 2.45) is 0 Å². The SMILES string of the molecule is CC(NCc1nccn1C(F)F)c1ccco1. The van der Waals surface area contributed by atoms with Crippen molar-refractivity contribution in [1.29, 1.82) is 0 Å². The fraction of sp³-hybridized carbons (Fsp3) is 0.364. The zero-order valence-corrected chi connectivity index (χ0v) is 9.31. The molecular formula is C11H13F2N3O. The first-order valence-corrected chi connectivity index (χ1v) is 5.25. The summed E-state index contributed by atoms with van der Waals surface area (Å²) >= 11 is 0. The molecule has 0 saturated carbocycles. The maximum absolute atomic E-state index is 12.5. The highest BCUT2D eigenvalue weighted by molar-refractivity contribution is 5.03. The molecule has 0 bridgehead atoms. The molecule has 1 N–H and O–H groups in total. The average molecular weight is 241 g/mol. The number of rotatable bonds is 5. The fourth-order valence-electron chi connectivity index (χ4n) is 1.54. The summed E-state index contributed by atoms with van der Waals surface area (Å²) in [5.74, 6) is 1.07. The molecule has 0 aliphatic heterocycles. The van der Waals surface area contributed by atoms with E-state index in [0.29, 0.717) is 5.82 Å². The summed E-state index contributed by atoms with van der Waals surface area (Å²) in [6.07, 6.45) is 4.20. The first-order valence-electron chi connectivity index (χ1n) is 5.25. The molecule has 0 saturated heterocycles. The Hall–Kier alpha value is -1.69. The molecule has 4 nitrogen and oxygen atoms in total. The highest BCUT2D eigenvalue weighted by Gasteiger charge is 2.13. The lowest BCUT2D eigenvalue weighted by atomic mass is 10.2. The predicted octanol–water partition coefficient (Wildman–Crippen LogP) is 2.72. The number of aromatic nitrogens is 2. The Balaban J connectivity index is 1.96. The van der Waals surface area contributed by atoms with Gasteiger partial charge in [0.15, 0.2) is 0 Å². The molecule has 1 unspecified atom stereocenters. The van der Waals surface area contributed by atoms with Crippen molar-refractivity contribution in [3.05, 3.63) is 42.4 Å². The van der Waals surface area contributed by atoms with E-state index in [0.717, 1.165) is 10.3 Å². The van der Waals surface area contributed by atoms with Gasteiger partial charge in [0.05, 0.1) is 18.8 Å². The van der Waals surface area contributed by atoms with E-state index in [2.05, 4.69) is 10.3 Å². The number of alkyl halides is 2. The standard InChI is InChI=1S/C11H13F2N3O/c1-8(9-3-2-6-17-9)15-7-10-14-4-5-16(10)11(12)13/h2-6,8,11,15H,7H2,1H3. The third-order valence-electron chi connectivity index (χ3n) is 2.50. The van der Waals surface area contributed by atoms with Gasteiger partial charge >= 0.3 is 6.55 Å².